The van der Waals surface area contributed by atoms with Crippen molar-refractivity contribution in [2.75, 3.05) is 13.1 Å². The number of nitrogens with one attached hydrogen (secondary N) is 1. The molecule has 1 aromatic heterocycles. The zero-order valence-corrected chi connectivity index (χ0v) is 9.42. The van der Waals surface area contributed by atoms with Gasteiger partial charge in [-0.15, -0.1) is 0 Å². The zero-order chi connectivity index (χ0) is 8.39. The van der Waals surface area contributed by atoms with E-state index < -0.39 is 0 Å². The van der Waals surface area contributed by atoms with Crippen LogP contribution in [0, 0.1) is 6.92 Å². The fourth-order valence-corrected chi connectivity index (χ4v) is 2.61. The van der Waals surface area contributed by atoms with Gasteiger partial charge in [0, 0.05) is 5.38 Å². The second kappa shape index (κ2) is 4.94. The number of aryl methyl sites for hydroxylation is 1. The molecule has 0 bridgehead atoms. The first-order valence-electron chi connectivity index (χ1n) is 4.63. The molecule has 0 radical (unpaired) electrons. The molecule has 0 aliphatic carbocycles. The van der Waals surface area contributed by atoms with Crippen LogP contribution in [-0.2, 0) is 0 Å². The Bertz CT molecular complexity index is 256. The van der Waals surface area contributed by atoms with E-state index in [-0.39, 0.29) is 12.4 Å². The normalized spacial score (nSPS) is 18.2. The van der Waals surface area contributed by atoms with Crippen LogP contribution in [0.5, 0.6) is 0 Å². The number of quaternary nitrogens is 1. The van der Waals surface area contributed by atoms with E-state index in [1.807, 2.05) is 11.3 Å². The summed E-state index contributed by atoms with van der Waals surface area (Å²) in [5.74, 6) is 0. The Morgan fingerprint density at radius 2 is 2.00 bits per heavy atom. The molecule has 1 N–H and O–H groups in total. The van der Waals surface area contributed by atoms with Crippen molar-refractivity contribution in [2.24, 2.45) is 0 Å². The van der Waals surface area contributed by atoms with E-state index in [1.165, 1.54) is 43.2 Å². The standard InChI is InChI=1S/C9H14N2S.ClH/c1-8-7-12-9(10-8)11-5-3-2-4-6-11;/h7H,2-6H2,1H3;1H. The molecule has 0 spiro atoms. The minimum atomic E-state index is 0. The van der Waals surface area contributed by atoms with Gasteiger partial charge in [-0.3, -0.25) is 4.90 Å². The van der Waals surface area contributed by atoms with Crippen LogP contribution in [0.4, 0.5) is 5.13 Å². The highest BCUT2D eigenvalue weighted by Crippen LogP contribution is 2.11. The van der Waals surface area contributed by atoms with Crippen molar-refractivity contribution in [3.8, 4) is 0 Å². The smallest absolute Gasteiger partial charge is 0.284 e. The zero-order valence-electron chi connectivity index (χ0n) is 7.85. The van der Waals surface area contributed by atoms with E-state index in [1.54, 1.807) is 4.90 Å². The Labute approximate surface area is 89.4 Å². The van der Waals surface area contributed by atoms with Crippen LogP contribution in [0.3, 0.4) is 0 Å². The van der Waals surface area contributed by atoms with Gasteiger partial charge in [-0.1, -0.05) is 11.3 Å². The van der Waals surface area contributed by atoms with Crippen LogP contribution < -0.4 is 17.3 Å². The first kappa shape index (κ1) is 11.0. The van der Waals surface area contributed by atoms with Crippen molar-refractivity contribution in [1.82, 2.24) is 4.98 Å². The van der Waals surface area contributed by atoms with Gasteiger partial charge in [-0.2, -0.15) is 4.98 Å². The van der Waals surface area contributed by atoms with Crippen LogP contribution >= 0.6 is 11.3 Å². The molecule has 0 saturated carbocycles. The summed E-state index contributed by atoms with van der Waals surface area (Å²) in [5.41, 5.74) is 1.17. The van der Waals surface area contributed by atoms with Crippen molar-refractivity contribution in [3.63, 3.8) is 0 Å². The Hall–Kier alpha value is -0.120. The first-order chi connectivity index (χ1) is 5.86. The monoisotopic (exact) mass is 218 g/mol. The average Bonchev–Trinajstić information content (AvgIpc) is 2.54. The summed E-state index contributed by atoms with van der Waals surface area (Å²) >= 11 is 1.81. The maximum absolute atomic E-state index is 4.52. The van der Waals surface area contributed by atoms with Gasteiger partial charge >= 0.3 is 0 Å². The molecule has 1 aliphatic rings. The van der Waals surface area contributed by atoms with E-state index >= 15 is 0 Å². The largest absolute Gasteiger partial charge is 1.00 e. The lowest BCUT2D eigenvalue weighted by Crippen LogP contribution is -3.08. The average molecular weight is 219 g/mol. The molecule has 2 heterocycles. The fraction of sp³-hybridized carbons (Fsp3) is 0.667. The van der Waals surface area contributed by atoms with Gasteiger partial charge in [0.25, 0.3) is 5.13 Å². The minimum Gasteiger partial charge on any atom is -1.00 e. The van der Waals surface area contributed by atoms with Crippen LogP contribution in [0.25, 0.3) is 0 Å². The van der Waals surface area contributed by atoms with Crippen LogP contribution in [-0.4, -0.2) is 18.1 Å². The summed E-state index contributed by atoms with van der Waals surface area (Å²) in [4.78, 5) is 6.11. The molecule has 0 unspecified atom stereocenters. The highest BCUT2D eigenvalue weighted by Gasteiger charge is 2.18. The number of nitrogens with zero attached hydrogens (tertiary/aromatic N) is 1. The highest BCUT2D eigenvalue weighted by atomic mass is 35.5. The summed E-state index contributed by atoms with van der Waals surface area (Å²) in [7, 11) is 0. The predicted octanol–water partition coefficient (Wildman–Crippen LogP) is -1.84. The van der Waals surface area contributed by atoms with E-state index in [0.717, 1.165) is 0 Å². The Morgan fingerprint density at radius 1 is 1.31 bits per heavy atom. The number of thiazole rings is 1. The SMILES string of the molecule is Cc1csc([NH+]2CCCCC2)n1.[Cl-]. The molecule has 2 nitrogen and oxygen atoms in total. The van der Waals surface area contributed by atoms with Gasteiger partial charge in [0.15, 0.2) is 0 Å². The molecule has 74 valence electrons. The van der Waals surface area contributed by atoms with Gasteiger partial charge in [-0.25, -0.2) is 0 Å². The number of rotatable bonds is 1. The fourth-order valence-electron chi connectivity index (χ4n) is 1.71. The van der Waals surface area contributed by atoms with Crippen LogP contribution in [0.1, 0.15) is 25.0 Å². The second-order valence-electron chi connectivity index (χ2n) is 3.46. The third kappa shape index (κ3) is 2.66. The molecule has 4 heteroatoms. The molecule has 0 aromatic carbocycles. The van der Waals surface area contributed by atoms with Crippen molar-refractivity contribution >= 4 is 16.5 Å². The highest BCUT2D eigenvalue weighted by molar-refractivity contribution is 7.12. The lowest BCUT2D eigenvalue weighted by Gasteiger charge is -2.19. The summed E-state index contributed by atoms with van der Waals surface area (Å²) < 4.78 is 0. The molecule has 0 amide bonds. The number of piperidine rings is 1. The number of aromatic nitrogens is 1. The van der Waals surface area contributed by atoms with Gasteiger partial charge in [0.05, 0.1) is 18.8 Å². The third-order valence-corrected chi connectivity index (χ3v) is 3.44. The number of hydrogen-bond donors (Lipinski definition) is 1. The molecular weight excluding hydrogens is 204 g/mol. The van der Waals surface area contributed by atoms with Crippen molar-refractivity contribution < 1.29 is 17.3 Å². The maximum Gasteiger partial charge on any atom is 0.284 e. The van der Waals surface area contributed by atoms with Gasteiger partial charge < -0.3 is 12.4 Å². The Balaban J connectivity index is 0.000000845. The molecular formula is C9H15ClN2S. The van der Waals surface area contributed by atoms with E-state index in [0.29, 0.717) is 0 Å². The number of halogens is 1. The minimum absolute atomic E-state index is 0. The third-order valence-electron chi connectivity index (χ3n) is 2.38. The second-order valence-corrected chi connectivity index (χ2v) is 4.32. The van der Waals surface area contributed by atoms with E-state index in [4.69, 9.17) is 0 Å². The summed E-state index contributed by atoms with van der Waals surface area (Å²) in [6.45, 7) is 4.64. The van der Waals surface area contributed by atoms with Crippen LogP contribution in [0.15, 0.2) is 5.38 Å². The quantitative estimate of drug-likeness (QED) is 0.587. The van der Waals surface area contributed by atoms with Gasteiger partial charge in [0.1, 0.15) is 0 Å². The molecule has 2 rings (SSSR count). The Morgan fingerprint density at radius 3 is 2.54 bits per heavy atom. The first-order valence-corrected chi connectivity index (χ1v) is 5.51. The molecule has 0 atom stereocenters. The lowest BCUT2D eigenvalue weighted by atomic mass is 10.1. The van der Waals surface area contributed by atoms with E-state index in [9.17, 15) is 0 Å². The number of hydrogen-bond acceptors (Lipinski definition) is 2. The molecule has 1 aliphatic heterocycles. The van der Waals surface area contributed by atoms with Crippen molar-refractivity contribution in [3.05, 3.63) is 11.1 Å². The van der Waals surface area contributed by atoms with Crippen molar-refractivity contribution in [1.29, 1.82) is 0 Å². The summed E-state index contributed by atoms with van der Waals surface area (Å²) in [6, 6.07) is 0. The summed E-state index contributed by atoms with van der Waals surface area (Å²) in [5, 5.41) is 3.45. The van der Waals surface area contributed by atoms with Gasteiger partial charge in [-0.05, 0) is 26.2 Å². The molecule has 13 heavy (non-hydrogen) atoms. The molecule has 1 saturated heterocycles. The maximum atomic E-state index is 4.52. The van der Waals surface area contributed by atoms with Gasteiger partial charge in [0.2, 0.25) is 0 Å². The van der Waals surface area contributed by atoms with Crippen molar-refractivity contribution in [2.45, 2.75) is 26.2 Å². The van der Waals surface area contributed by atoms with E-state index in [2.05, 4.69) is 17.3 Å². The van der Waals surface area contributed by atoms with Crippen LogP contribution in [0.2, 0.25) is 0 Å². The predicted molar refractivity (Wildman–Crippen MR) is 51.1 cm³/mol. The molecule has 1 fully saturated rings. The Kier molecular flexibility index (Phi) is 4.16. The molecule has 1 aromatic rings. The topological polar surface area (TPSA) is 17.3 Å². The lowest BCUT2D eigenvalue weighted by molar-refractivity contribution is -0.837. The summed E-state index contributed by atoms with van der Waals surface area (Å²) in [6.07, 6.45) is 4.15.